The average Bonchev–Trinajstić information content (AvgIpc) is 2.44. The molecule has 0 fully saturated rings. The van der Waals surface area contributed by atoms with E-state index in [1.165, 1.54) is 0 Å². The maximum absolute atomic E-state index is 11.9. The average molecular weight is 414 g/mol. The second kappa shape index (κ2) is 7.47. The lowest BCUT2D eigenvalue weighted by Gasteiger charge is -2.11. The molecular weight excluding hydrogens is 400 g/mol. The molecule has 4 nitrogen and oxygen atoms in total. The third kappa shape index (κ3) is 4.75. The van der Waals surface area contributed by atoms with Crippen LogP contribution in [0.15, 0.2) is 51.4 Å². The summed E-state index contributed by atoms with van der Waals surface area (Å²) in [6.07, 6.45) is 0.262. The van der Waals surface area contributed by atoms with Crippen molar-refractivity contribution in [1.82, 2.24) is 0 Å². The van der Waals surface area contributed by atoms with Crippen LogP contribution >= 0.6 is 31.9 Å². The van der Waals surface area contributed by atoms with Gasteiger partial charge in [0.1, 0.15) is 5.75 Å². The van der Waals surface area contributed by atoms with E-state index in [0.29, 0.717) is 18.0 Å². The van der Waals surface area contributed by atoms with Crippen molar-refractivity contribution in [2.45, 2.75) is 6.42 Å². The molecule has 0 heterocycles. The van der Waals surface area contributed by atoms with Crippen molar-refractivity contribution in [1.29, 1.82) is 0 Å². The maximum Gasteiger partial charge on any atom is 0.227 e. The van der Waals surface area contributed by atoms with Crippen LogP contribution in [0.25, 0.3) is 0 Å². The van der Waals surface area contributed by atoms with Gasteiger partial charge in [0.2, 0.25) is 5.91 Å². The lowest BCUT2D eigenvalue weighted by atomic mass is 10.2. The number of carbonyl (C=O) groups excluding carboxylic acids is 1. The Hall–Kier alpha value is -1.53. The van der Waals surface area contributed by atoms with Gasteiger partial charge < -0.3 is 15.8 Å². The van der Waals surface area contributed by atoms with Gasteiger partial charge in [-0.15, -0.1) is 0 Å². The van der Waals surface area contributed by atoms with Crippen LogP contribution in [-0.2, 0) is 4.79 Å². The fourth-order valence-corrected chi connectivity index (χ4v) is 3.11. The van der Waals surface area contributed by atoms with E-state index in [9.17, 15) is 4.79 Å². The van der Waals surface area contributed by atoms with Crippen LogP contribution in [0.4, 0.5) is 11.4 Å². The lowest BCUT2D eigenvalue weighted by molar-refractivity contribution is -0.116. The number of hydrogen-bond donors (Lipinski definition) is 2. The summed E-state index contributed by atoms with van der Waals surface area (Å²) in [5.41, 5.74) is 6.98. The molecule has 1 amide bonds. The Balaban J connectivity index is 1.88. The summed E-state index contributed by atoms with van der Waals surface area (Å²) >= 11 is 6.75. The first-order chi connectivity index (χ1) is 10.1. The molecule has 0 atom stereocenters. The Kier molecular flexibility index (Phi) is 5.64. The van der Waals surface area contributed by atoms with E-state index >= 15 is 0 Å². The van der Waals surface area contributed by atoms with Crippen molar-refractivity contribution < 1.29 is 9.53 Å². The normalized spacial score (nSPS) is 10.2. The Bertz CT molecular complexity index is 610. The van der Waals surface area contributed by atoms with Crippen molar-refractivity contribution in [2.24, 2.45) is 0 Å². The van der Waals surface area contributed by atoms with Gasteiger partial charge in [0, 0.05) is 14.6 Å². The highest BCUT2D eigenvalue weighted by Crippen LogP contribution is 2.33. The van der Waals surface area contributed by atoms with Gasteiger partial charge in [-0.3, -0.25) is 4.79 Å². The second-order valence-electron chi connectivity index (χ2n) is 4.32. The molecule has 2 rings (SSSR count). The third-order valence-corrected chi connectivity index (χ3v) is 3.92. The molecular formula is C15H14Br2N2O2. The number of anilines is 2. The SMILES string of the molecule is Nc1cc(Br)c(NC(=O)CCOc2ccccc2)c(Br)c1. The molecule has 0 aliphatic carbocycles. The first kappa shape index (κ1) is 15.9. The van der Waals surface area contributed by atoms with Gasteiger partial charge in [-0.05, 0) is 56.1 Å². The number of carbonyl (C=O) groups is 1. The van der Waals surface area contributed by atoms with Crippen molar-refractivity contribution in [3.05, 3.63) is 51.4 Å². The van der Waals surface area contributed by atoms with E-state index in [0.717, 1.165) is 14.7 Å². The standard InChI is InChI=1S/C15H14Br2N2O2/c16-12-8-10(18)9-13(17)15(12)19-14(20)6-7-21-11-4-2-1-3-5-11/h1-5,8-9H,6-7,18H2,(H,19,20). The number of nitrogens with one attached hydrogen (secondary N) is 1. The van der Waals surface area contributed by atoms with Crippen LogP contribution in [0.2, 0.25) is 0 Å². The summed E-state index contributed by atoms with van der Waals surface area (Å²) in [7, 11) is 0. The van der Waals surface area contributed by atoms with E-state index in [1.54, 1.807) is 12.1 Å². The molecule has 0 bridgehead atoms. The number of benzene rings is 2. The predicted molar refractivity (Wildman–Crippen MR) is 91.4 cm³/mol. The van der Waals surface area contributed by atoms with Crippen molar-refractivity contribution in [2.75, 3.05) is 17.7 Å². The first-order valence-corrected chi connectivity index (χ1v) is 7.87. The van der Waals surface area contributed by atoms with E-state index in [1.807, 2.05) is 30.3 Å². The highest BCUT2D eigenvalue weighted by molar-refractivity contribution is 9.11. The highest BCUT2D eigenvalue weighted by Gasteiger charge is 2.10. The molecule has 0 aliphatic rings. The van der Waals surface area contributed by atoms with Crippen LogP contribution < -0.4 is 15.8 Å². The van der Waals surface area contributed by atoms with E-state index in [2.05, 4.69) is 37.2 Å². The zero-order valence-electron chi connectivity index (χ0n) is 11.1. The zero-order valence-corrected chi connectivity index (χ0v) is 14.3. The zero-order chi connectivity index (χ0) is 15.2. The number of halogens is 2. The summed E-state index contributed by atoms with van der Waals surface area (Å²) in [5, 5.41) is 2.82. The molecule has 0 aromatic heterocycles. The van der Waals surface area contributed by atoms with Gasteiger partial charge in [0.15, 0.2) is 0 Å². The number of rotatable bonds is 5. The summed E-state index contributed by atoms with van der Waals surface area (Å²) in [6, 6.07) is 12.9. The smallest absolute Gasteiger partial charge is 0.227 e. The van der Waals surface area contributed by atoms with E-state index < -0.39 is 0 Å². The molecule has 6 heteroatoms. The Morgan fingerprint density at radius 1 is 1.14 bits per heavy atom. The van der Waals surface area contributed by atoms with Gasteiger partial charge in [-0.25, -0.2) is 0 Å². The number of amides is 1. The summed E-state index contributed by atoms with van der Waals surface area (Å²) in [6.45, 7) is 0.320. The monoisotopic (exact) mass is 412 g/mol. The molecule has 0 radical (unpaired) electrons. The molecule has 0 saturated heterocycles. The van der Waals surface area contributed by atoms with Gasteiger partial charge in [-0.2, -0.15) is 0 Å². The number of nitrogen functional groups attached to an aromatic ring is 1. The van der Waals surface area contributed by atoms with E-state index in [-0.39, 0.29) is 12.3 Å². The number of nitrogens with two attached hydrogens (primary N) is 1. The number of hydrogen-bond acceptors (Lipinski definition) is 3. The molecule has 0 unspecified atom stereocenters. The molecule has 0 saturated carbocycles. The topological polar surface area (TPSA) is 64.3 Å². The molecule has 110 valence electrons. The maximum atomic E-state index is 11.9. The second-order valence-corrected chi connectivity index (χ2v) is 6.03. The third-order valence-electron chi connectivity index (χ3n) is 2.67. The fraction of sp³-hybridized carbons (Fsp3) is 0.133. The largest absolute Gasteiger partial charge is 0.493 e. The minimum absolute atomic E-state index is 0.128. The number of ether oxygens (including phenoxy) is 1. The van der Waals surface area contributed by atoms with Gasteiger partial charge in [0.25, 0.3) is 0 Å². The van der Waals surface area contributed by atoms with Gasteiger partial charge in [0.05, 0.1) is 18.7 Å². The molecule has 0 spiro atoms. The van der Waals surface area contributed by atoms with E-state index in [4.69, 9.17) is 10.5 Å². The van der Waals surface area contributed by atoms with Gasteiger partial charge in [-0.1, -0.05) is 18.2 Å². The summed E-state index contributed by atoms with van der Waals surface area (Å²) < 4.78 is 6.95. The molecule has 2 aromatic rings. The Labute approximate surface area is 139 Å². The van der Waals surface area contributed by atoms with Crippen LogP contribution in [-0.4, -0.2) is 12.5 Å². The molecule has 3 N–H and O–H groups in total. The lowest BCUT2D eigenvalue weighted by Crippen LogP contribution is -2.16. The Morgan fingerprint density at radius 3 is 2.38 bits per heavy atom. The van der Waals surface area contributed by atoms with Crippen LogP contribution in [0.3, 0.4) is 0 Å². The van der Waals surface area contributed by atoms with Gasteiger partial charge >= 0.3 is 0 Å². The van der Waals surface area contributed by atoms with Crippen LogP contribution in [0.5, 0.6) is 5.75 Å². The minimum atomic E-state index is -0.128. The predicted octanol–water partition coefficient (Wildman–Crippen LogP) is 4.20. The highest BCUT2D eigenvalue weighted by atomic mass is 79.9. The fourth-order valence-electron chi connectivity index (χ4n) is 1.69. The molecule has 2 aromatic carbocycles. The molecule has 0 aliphatic heterocycles. The Morgan fingerprint density at radius 2 is 1.76 bits per heavy atom. The first-order valence-electron chi connectivity index (χ1n) is 6.28. The van der Waals surface area contributed by atoms with Crippen LogP contribution in [0.1, 0.15) is 6.42 Å². The van der Waals surface area contributed by atoms with Crippen molar-refractivity contribution >= 4 is 49.1 Å². The molecule has 21 heavy (non-hydrogen) atoms. The summed E-state index contributed by atoms with van der Waals surface area (Å²) in [5.74, 6) is 0.622. The van der Waals surface area contributed by atoms with Crippen molar-refractivity contribution in [3.8, 4) is 5.75 Å². The van der Waals surface area contributed by atoms with Crippen LogP contribution in [0, 0.1) is 0 Å². The quantitative estimate of drug-likeness (QED) is 0.722. The number of para-hydroxylation sites is 1. The summed E-state index contributed by atoms with van der Waals surface area (Å²) in [4.78, 5) is 11.9. The van der Waals surface area contributed by atoms with Crippen molar-refractivity contribution in [3.63, 3.8) is 0 Å². The minimum Gasteiger partial charge on any atom is -0.493 e.